The van der Waals surface area contributed by atoms with Gasteiger partial charge in [-0.2, -0.15) is 0 Å². The first-order valence-electron chi connectivity index (χ1n) is 11.6. The molecule has 0 N–H and O–H groups in total. The van der Waals surface area contributed by atoms with E-state index in [1.54, 1.807) is 18.2 Å². The number of esters is 1. The zero-order chi connectivity index (χ0) is 23.4. The van der Waals surface area contributed by atoms with E-state index in [1.807, 2.05) is 48.5 Å². The number of rotatable bonds is 8. The summed E-state index contributed by atoms with van der Waals surface area (Å²) < 4.78 is 5.80. The SMILES string of the molecule is CCCCC(CC)COC(=O)c1ccc2c(c1-c1ccccc1)C(=S)c1ccccc1C2=O. The predicted octanol–water partition coefficient (Wildman–Crippen LogP) is 7.04. The maximum atomic E-state index is 13.3. The molecule has 3 aromatic carbocycles. The lowest BCUT2D eigenvalue weighted by atomic mass is 9.79. The third kappa shape index (κ3) is 4.53. The van der Waals surface area contributed by atoms with Gasteiger partial charge in [-0.15, -0.1) is 0 Å². The van der Waals surface area contributed by atoms with Crippen molar-refractivity contribution in [3.05, 3.63) is 94.5 Å². The first kappa shape index (κ1) is 23.1. The fraction of sp³-hybridized carbons (Fsp3) is 0.276. The van der Waals surface area contributed by atoms with Gasteiger partial charge in [0.25, 0.3) is 0 Å². The van der Waals surface area contributed by atoms with E-state index in [1.165, 1.54) is 0 Å². The first-order chi connectivity index (χ1) is 16.1. The van der Waals surface area contributed by atoms with Crippen molar-refractivity contribution < 1.29 is 14.3 Å². The fourth-order valence-corrected chi connectivity index (χ4v) is 4.82. The van der Waals surface area contributed by atoms with Gasteiger partial charge in [0.05, 0.1) is 17.0 Å². The van der Waals surface area contributed by atoms with E-state index in [0.29, 0.717) is 45.2 Å². The quantitative estimate of drug-likeness (QED) is 0.211. The molecule has 0 bridgehead atoms. The highest BCUT2D eigenvalue weighted by Gasteiger charge is 2.32. The minimum Gasteiger partial charge on any atom is -0.462 e. The van der Waals surface area contributed by atoms with Crippen LogP contribution in [0.15, 0.2) is 66.7 Å². The van der Waals surface area contributed by atoms with Crippen LogP contribution in [-0.4, -0.2) is 23.2 Å². The monoisotopic (exact) mass is 456 g/mol. The van der Waals surface area contributed by atoms with Crippen LogP contribution in [0, 0.1) is 5.92 Å². The second-order valence-electron chi connectivity index (χ2n) is 8.50. The van der Waals surface area contributed by atoms with Gasteiger partial charge in [0.15, 0.2) is 5.78 Å². The summed E-state index contributed by atoms with van der Waals surface area (Å²) >= 11 is 5.87. The summed E-state index contributed by atoms with van der Waals surface area (Å²) in [7, 11) is 0. The number of ketones is 1. The van der Waals surface area contributed by atoms with Crippen molar-refractivity contribution in [1.82, 2.24) is 0 Å². The van der Waals surface area contributed by atoms with Gasteiger partial charge in [0.2, 0.25) is 0 Å². The van der Waals surface area contributed by atoms with Crippen LogP contribution in [0.2, 0.25) is 0 Å². The van der Waals surface area contributed by atoms with Gasteiger partial charge in [-0.05, 0) is 30.0 Å². The minimum absolute atomic E-state index is 0.0723. The summed E-state index contributed by atoms with van der Waals surface area (Å²) in [6, 6.07) is 20.5. The summed E-state index contributed by atoms with van der Waals surface area (Å²) in [5, 5.41) is 0. The molecule has 0 amide bonds. The molecule has 4 heteroatoms. The van der Waals surface area contributed by atoms with Gasteiger partial charge in [-0.3, -0.25) is 4.79 Å². The summed E-state index contributed by atoms with van der Waals surface area (Å²) in [4.78, 5) is 27.2. The third-order valence-electron chi connectivity index (χ3n) is 6.37. The molecular formula is C29H28O3S. The average Bonchev–Trinajstić information content (AvgIpc) is 2.87. The standard InChI is InChI=1S/C29H28O3S/c1-3-5-11-19(4-2)18-32-29(31)24-17-16-23-26(25(24)20-12-7-6-8-13-20)28(33)22-15-10-9-14-21(22)27(23)30/h6-10,12-17,19H,3-5,11,18H2,1-2H3. The van der Waals surface area contributed by atoms with E-state index in [2.05, 4.69) is 13.8 Å². The smallest absolute Gasteiger partial charge is 0.338 e. The largest absolute Gasteiger partial charge is 0.462 e. The van der Waals surface area contributed by atoms with E-state index in [4.69, 9.17) is 17.0 Å². The van der Waals surface area contributed by atoms with Gasteiger partial charge in [0.1, 0.15) is 0 Å². The van der Waals surface area contributed by atoms with Crippen molar-refractivity contribution >= 4 is 28.8 Å². The summed E-state index contributed by atoms with van der Waals surface area (Å²) in [6.45, 7) is 4.69. The van der Waals surface area contributed by atoms with Gasteiger partial charge in [-0.25, -0.2) is 4.79 Å². The Balaban J connectivity index is 1.79. The summed E-state index contributed by atoms with van der Waals surface area (Å²) in [5.41, 5.74) is 4.47. The zero-order valence-corrected chi connectivity index (χ0v) is 19.9. The summed E-state index contributed by atoms with van der Waals surface area (Å²) in [5.74, 6) is -0.0983. The lowest BCUT2D eigenvalue weighted by molar-refractivity contribution is 0.0429. The molecule has 0 fully saturated rings. The number of hydrogen-bond donors (Lipinski definition) is 0. The van der Waals surface area contributed by atoms with Crippen molar-refractivity contribution in [2.75, 3.05) is 6.61 Å². The van der Waals surface area contributed by atoms with E-state index >= 15 is 0 Å². The maximum Gasteiger partial charge on any atom is 0.338 e. The molecule has 0 saturated carbocycles. The molecule has 0 heterocycles. The highest BCUT2D eigenvalue weighted by molar-refractivity contribution is 7.81. The van der Waals surface area contributed by atoms with Crippen molar-refractivity contribution in [3.8, 4) is 11.1 Å². The van der Waals surface area contributed by atoms with E-state index in [0.717, 1.165) is 36.8 Å². The number of carbonyl (C=O) groups excluding carboxylic acids is 2. The topological polar surface area (TPSA) is 43.4 Å². The van der Waals surface area contributed by atoms with Crippen LogP contribution >= 0.6 is 12.2 Å². The van der Waals surface area contributed by atoms with Crippen LogP contribution in [-0.2, 0) is 4.74 Å². The molecule has 1 unspecified atom stereocenters. The second-order valence-corrected chi connectivity index (χ2v) is 8.90. The van der Waals surface area contributed by atoms with Gasteiger partial charge >= 0.3 is 5.97 Å². The van der Waals surface area contributed by atoms with E-state index < -0.39 is 0 Å². The Morgan fingerprint density at radius 3 is 2.27 bits per heavy atom. The van der Waals surface area contributed by atoms with Crippen molar-refractivity contribution in [2.24, 2.45) is 5.92 Å². The molecule has 0 saturated heterocycles. The molecule has 4 rings (SSSR count). The Morgan fingerprint density at radius 2 is 1.58 bits per heavy atom. The molecule has 0 spiro atoms. The van der Waals surface area contributed by atoms with Gasteiger partial charge in [-0.1, -0.05) is 99.9 Å². The summed E-state index contributed by atoms with van der Waals surface area (Å²) in [6.07, 6.45) is 4.27. The number of ether oxygens (including phenoxy) is 1. The lowest BCUT2D eigenvalue weighted by Gasteiger charge is -2.24. The number of hydrogen-bond acceptors (Lipinski definition) is 4. The van der Waals surface area contributed by atoms with Crippen molar-refractivity contribution in [3.63, 3.8) is 0 Å². The Bertz CT molecular complexity index is 1200. The fourth-order valence-electron chi connectivity index (χ4n) is 4.43. The molecule has 1 aliphatic rings. The molecule has 0 aliphatic heterocycles. The highest BCUT2D eigenvalue weighted by Crippen LogP contribution is 2.37. The molecule has 3 aromatic rings. The molecule has 1 aliphatic carbocycles. The molecule has 0 radical (unpaired) electrons. The lowest BCUT2D eigenvalue weighted by Crippen LogP contribution is -2.23. The molecule has 168 valence electrons. The molecule has 0 aromatic heterocycles. The molecule has 3 nitrogen and oxygen atoms in total. The third-order valence-corrected chi connectivity index (χ3v) is 6.79. The van der Waals surface area contributed by atoms with Gasteiger partial charge < -0.3 is 4.74 Å². The van der Waals surface area contributed by atoms with Gasteiger partial charge in [0, 0.05) is 27.8 Å². The Labute approximate surface area is 200 Å². The Kier molecular flexibility index (Phi) is 7.14. The number of unbranched alkanes of at least 4 members (excludes halogenated alkanes) is 1. The van der Waals surface area contributed by atoms with E-state index in [9.17, 15) is 9.59 Å². The van der Waals surface area contributed by atoms with Crippen LogP contribution in [0.1, 0.15) is 76.9 Å². The number of carbonyl (C=O) groups is 2. The molecule has 1 atom stereocenters. The van der Waals surface area contributed by atoms with Crippen LogP contribution in [0.4, 0.5) is 0 Å². The number of fused-ring (bicyclic) bond motifs is 2. The predicted molar refractivity (Wildman–Crippen MR) is 136 cm³/mol. The highest BCUT2D eigenvalue weighted by atomic mass is 32.1. The average molecular weight is 457 g/mol. The van der Waals surface area contributed by atoms with Crippen molar-refractivity contribution in [2.45, 2.75) is 39.5 Å². The van der Waals surface area contributed by atoms with Crippen LogP contribution < -0.4 is 0 Å². The van der Waals surface area contributed by atoms with Crippen molar-refractivity contribution in [1.29, 1.82) is 0 Å². The normalized spacial score (nSPS) is 13.3. The Morgan fingerprint density at radius 1 is 0.879 bits per heavy atom. The van der Waals surface area contributed by atoms with Crippen LogP contribution in [0.3, 0.4) is 0 Å². The molecular weight excluding hydrogens is 428 g/mol. The number of benzene rings is 3. The van der Waals surface area contributed by atoms with E-state index in [-0.39, 0.29) is 11.8 Å². The first-order valence-corrected chi connectivity index (χ1v) is 12.1. The maximum absolute atomic E-state index is 13.3. The minimum atomic E-state index is -0.374. The Hall–Kier alpha value is -3.11. The van der Waals surface area contributed by atoms with Crippen LogP contribution in [0.5, 0.6) is 0 Å². The number of thiocarbonyl (C=S) groups is 1. The van der Waals surface area contributed by atoms with Crippen LogP contribution in [0.25, 0.3) is 11.1 Å². The molecule has 33 heavy (non-hydrogen) atoms. The second kappa shape index (κ2) is 10.2. The zero-order valence-electron chi connectivity index (χ0n) is 19.1.